The van der Waals surface area contributed by atoms with Crippen molar-refractivity contribution in [1.82, 2.24) is 9.47 Å². The van der Waals surface area contributed by atoms with Crippen LogP contribution in [0.15, 0.2) is 24.3 Å². The highest BCUT2D eigenvalue weighted by Gasteiger charge is 2.31. The van der Waals surface area contributed by atoms with Crippen molar-refractivity contribution in [2.75, 3.05) is 25.5 Å². The standard InChI is InChI=1S/C16H18ClF4N3/c1-23-6-5-13(11(18)8-23)22-12-3-2-4-14-10(12)7-15(17)24(14)9-16(19,20)21/h2-4,7,11,13,22H,5-6,8-9H2,1H3/t11-,13+/m0/s1. The second-order valence-electron chi connectivity index (χ2n) is 6.22. The SMILES string of the molecule is CN1CC[C@@H](Nc2cccc3c2cc(Cl)n3CC(F)(F)F)[C@@H](F)C1. The van der Waals surface area contributed by atoms with Gasteiger partial charge in [-0.05, 0) is 31.7 Å². The molecule has 0 spiro atoms. The predicted molar refractivity (Wildman–Crippen MR) is 87.4 cm³/mol. The smallest absolute Gasteiger partial charge is 0.379 e. The van der Waals surface area contributed by atoms with Gasteiger partial charge in [0.25, 0.3) is 0 Å². The quantitative estimate of drug-likeness (QED) is 0.820. The molecule has 2 heterocycles. The third-order valence-corrected chi connectivity index (χ3v) is 4.63. The molecule has 0 amide bonds. The molecule has 8 heteroatoms. The molecule has 132 valence electrons. The van der Waals surface area contributed by atoms with Crippen molar-refractivity contribution < 1.29 is 17.6 Å². The Morgan fingerprint density at radius 2 is 2.08 bits per heavy atom. The number of nitrogens with one attached hydrogen (secondary N) is 1. The van der Waals surface area contributed by atoms with Gasteiger partial charge in [0.05, 0.1) is 11.6 Å². The lowest BCUT2D eigenvalue weighted by atomic mass is 10.0. The van der Waals surface area contributed by atoms with E-state index in [4.69, 9.17) is 11.6 Å². The number of anilines is 1. The highest BCUT2D eigenvalue weighted by Crippen LogP contribution is 2.33. The normalized spacial score (nSPS) is 22.9. The Kier molecular flexibility index (Phi) is 4.66. The van der Waals surface area contributed by atoms with Crippen LogP contribution in [0, 0.1) is 0 Å². The lowest BCUT2D eigenvalue weighted by Crippen LogP contribution is -2.46. The highest BCUT2D eigenvalue weighted by molar-refractivity contribution is 6.31. The van der Waals surface area contributed by atoms with Crippen LogP contribution in [0.4, 0.5) is 23.2 Å². The molecule has 1 saturated heterocycles. The van der Waals surface area contributed by atoms with Crippen molar-refractivity contribution in [3.8, 4) is 0 Å². The van der Waals surface area contributed by atoms with Gasteiger partial charge in [-0.15, -0.1) is 0 Å². The average Bonchev–Trinajstić information content (AvgIpc) is 2.78. The fourth-order valence-electron chi connectivity index (χ4n) is 3.14. The third-order valence-electron chi connectivity index (χ3n) is 4.32. The topological polar surface area (TPSA) is 20.2 Å². The molecule has 3 nitrogen and oxygen atoms in total. The summed E-state index contributed by atoms with van der Waals surface area (Å²) in [6, 6.07) is 6.10. The van der Waals surface area contributed by atoms with Gasteiger partial charge in [-0.25, -0.2) is 4.39 Å². The summed E-state index contributed by atoms with van der Waals surface area (Å²) in [4.78, 5) is 1.92. The van der Waals surface area contributed by atoms with Crippen molar-refractivity contribution in [3.63, 3.8) is 0 Å². The Morgan fingerprint density at radius 3 is 2.75 bits per heavy atom. The second-order valence-corrected chi connectivity index (χ2v) is 6.61. The van der Waals surface area contributed by atoms with E-state index in [9.17, 15) is 17.6 Å². The number of piperidine rings is 1. The lowest BCUT2D eigenvalue weighted by molar-refractivity contribution is -0.139. The van der Waals surface area contributed by atoms with Crippen molar-refractivity contribution in [1.29, 1.82) is 0 Å². The van der Waals surface area contributed by atoms with Crippen LogP contribution in [0.25, 0.3) is 10.9 Å². The number of fused-ring (bicyclic) bond motifs is 1. The zero-order chi connectivity index (χ0) is 17.5. The first kappa shape index (κ1) is 17.4. The van der Waals surface area contributed by atoms with Crippen LogP contribution in [0.5, 0.6) is 0 Å². The molecule has 0 radical (unpaired) electrons. The number of nitrogens with zero attached hydrogens (tertiary/aromatic N) is 2. The molecule has 0 unspecified atom stereocenters. The van der Waals surface area contributed by atoms with E-state index >= 15 is 0 Å². The summed E-state index contributed by atoms with van der Waals surface area (Å²) in [6.45, 7) is -0.0495. The maximum atomic E-state index is 14.2. The van der Waals surface area contributed by atoms with E-state index in [2.05, 4.69) is 5.32 Å². The van der Waals surface area contributed by atoms with Crippen LogP contribution < -0.4 is 5.32 Å². The number of benzene rings is 1. The fraction of sp³-hybridized carbons (Fsp3) is 0.500. The van der Waals surface area contributed by atoms with Crippen LogP contribution >= 0.6 is 11.6 Å². The minimum absolute atomic E-state index is 0.0109. The van der Waals surface area contributed by atoms with Gasteiger partial charge in [0, 0.05) is 24.2 Å². The maximum absolute atomic E-state index is 14.2. The summed E-state index contributed by atoms with van der Waals surface area (Å²) in [5, 5.41) is 3.72. The van der Waals surface area contributed by atoms with Crippen molar-refractivity contribution in [3.05, 3.63) is 29.4 Å². The van der Waals surface area contributed by atoms with E-state index in [1.807, 2.05) is 11.9 Å². The zero-order valence-electron chi connectivity index (χ0n) is 13.1. The molecular weight excluding hydrogens is 346 g/mol. The van der Waals surface area contributed by atoms with Gasteiger partial charge in [-0.3, -0.25) is 0 Å². The third kappa shape index (κ3) is 3.62. The van der Waals surface area contributed by atoms with E-state index in [-0.39, 0.29) is 11.2 Å². The largest absolute Gasteiger partial charge is 0.406 e. The fourth-order valence-corrected chi connectivity index (χ4v) is 3.40. The molecule has 0 saturated carbocycles. The summed E-state index contributed by atoms with van der Waals surface area (Å²) in [5.74, 6) is 0. The molecule has 3 rings (SSSR count). The van der Waals surface area contributed by atoms with Gasteiger partial charge < -0.3 is 14.8 Å². The first-order valence-electron chi connectivity index (χ1n) is 7.68. The van der Waals surface area contributed by atoms with Gasteiger partial charge in [0.15, 0.2) is 0 Å². The van der Waals surface area contributed by atoms with Crippen LogP contribution in [0.1, 0.15) is 6.42 Å². The number of rotatable bonds is 3. The summed E-state index contributed by atoms with van der Waals surface area (Å²) in [5.41, 5.74) is 0.984. The molecule has 0 aliphatic carbocycles. The van der Waals surface area contributed by atoms with Gasteiger partial charge in [0.1, 0.15) is 17.9 Å². The minimum atomic E-state index is -4.36. The molecule has 2 aromatic rings. The molecule has 0 bridgehead atoms. The van der Waals surface area contributed by atoms with Crippen LogP contribution in [-0.2, 0) is 6.54 Å². The summed E-state index contributed by atoms with van der Waals surface area (Å²) < 4.78 is 53.4. The van der Waals surface area contributed by atoms with E-state index in [0.717, 1.165) is 11.1 Å². The summed E-state index contributed by atoms with van der Waals surface area (Å²) in [7, 11) is 1.86. The summed E-state index contributed by atoms with van der Waals surface area (Å²) >= 11 is 5.99. The Bertz CT molecular complexity index is 728. The zero-order valence-corrected chi connectivity index (χ0v) is 13.8. The maximum Gasteiger partial charge on any atom is 0.406 e. The van der Waals surface area contributed by atoms with Crippen LogP contribution in [0.2, 0.25) is 5.15 Å². The van der Waals surface area contributed by atoms with Crippen LogP contribution in [-0.4, -0.2) is 48.0 Å². The molecule has 1 N–H and O–H groups in total. The minimum Gasteiger partial charge on any atom is -0.379 e. The monoisotopic (exact) mass is 363 g/mol. The molecule has 1 aromatic heterocycles. The molecule has 1 aromatic carbocycles. The molecule has 2 atom stereocenters. The van der Waals surface area contributed by atoms with Gasteiger partial charge in [-0.2, -0.15) is 13.2 Å². The van der Waals surface area contributed by atoms with Crippen LogP contribution in [0.3, 0.4) is 0 Å². The van der Waals surface area contributed by atoms with Crippen molar-refractivity contribution >= 4 is 28.2 Å². The van der Waals surface area contributed by atoms with Gasteiger partial charge >= 0.3 is 6.18 Å². The van der Waals surface area contributed by atoms with E-state index in [1.54, 1.807) is 18.2 Å². The highest BCUT2D eigenvalue weighted by atomic mass is 35.5. The van der Waals surface area contributed by atoms with E-state index in [0.29, 0.717) is 29.6 Å². The number of likely N-dealkylation sites (tertiary alicyclic amines) is 1. The first-order chi connectivity index (χ1) is 11.2. The Balaban J connectivity index is 1.91. The Morgan fingerprint density at radius 1 is 1.33 bits per heavy atom. The first-order valence-corrected chi connectivity index (χ1v) is 8.06. The predicted octanol–water partition coefficient (Wildman–Crippen LogP) is 4.31. The Labute approximate surface area is 142 Å². The molecule has 1 aliphatic rings. The van der Waals surface area contributed by atoms with Gasteiger partial charge in [-0.1, -0.05) is 17.7 Å². The number of aromatic nitrogens is 1. The van der Waals surface area contributed by atoms with Gasteiger partial charge in [0.2, 0.25) is 0 Å². The Hall–Kier alpha value is -1.47. The number of alkyl halides is 4. The van der Waals surface area contributed by atoms with Crippen molar-refractivity contribution in [2.24, 2.45) is 0 Å². The van der Waals surface area contributed by atoms with E-state index < -0.39 is 18.9 Å². The molecule has 24 heavy (non-hydrogen) atoms. The molecule has 1 aliphatic heterocycles. The molecule has 1 fully saturated rings. The number of halogens is 5. The lowest BCUT2D eigenvalue weighted by Gasteiger charge is -2.33. The summed E-state index contributed by atoms with van der Waals surface area (Å²) in [6.07, 6.45) is -4.77. The molecular formula is C16H18ClF4N3. The number of hydrogen-bond acceptors (Lipinski definition) is 2. The average molecular weight is 364 g/mol. The number of hydrogen-bond donors (Lipinski definition) is 1. The second kappa shape index (κ2) is 6.44. The van der Waals surface area contributed by atoms with Crippen molar-refractivity contribution in [2.45, 2.75) is 31.4 Å². The van der Waals surface area contributed by atoms with E-state index in [1.165, 1.54) is 6.07 Å².